The van der Waals surface area contributed by atoms with E-state index < -0.39 is 0 Å². The molecule has 3 N–H and O–H groups in total. The van der Waals surface area contributed by atoms with E-state index in [1.165, 1.54) is 26.1 Å². The lowest BCUT2D eigenvalue weighted by Crippen LogP contribution is -2.28. The third-order valence-electron chi connectivity index (χ3n) is 3.04. The first-order valence-electron chi connectivity index (χ1n) is 5.78. The number of nitrogens with zero attached hydrogens (tertiary/aromatic N) is 2. The van der Waals surface area contributed by atoms with Crippen molar-refractivity contribution in [3.8, 4) is 0 Å². The van der Waals surface area contributed by atoms with E-state index in [1.807, 2.05) is 0 Å². The monoisotopic (exact) mass is 212 g/mol. The smallest absolute Gasteiger partial charge is 0.0905 e. The summed E-state index contributed by atoms with van der Waals surface area (Å²) in [6.45, 7) is 4.71. The summed E-state index contributed by atoms with van der Waals surface area (Å²) in [5, 5.41) is 7.14. The summed E-state index contributed by atoms with van der Waals surface area (Å²) in [6, 6.07) is 0. The van der Waals surface area contributed by atoms with Gasteiger partial charge in [-0.15, -0.1) is 0 Å². The highest BCUT2D eigenvalue weighted by Gasteiger charge is 2.20. The Kier molecular flexibility index (Phi) is 5.05. The number of rotatable bonds is 6. The maximum Gasteiger partial charge on any atom is 0.0905 e. The van der Waals surface area contributed by atoms with Crippen LogP contribution in [0.3, 0.4) is 0 Å². The van der Waals surface area contributed by atoms with Crippen LogP contribution in [-0.4, -0.2) is 55.9 Å². The van der Waals surface area contributed by atoms with Gasteiger partial charge in [-0.1, -0.05) is 0 Å². The van der Waals surface area contributed by atoms with Gasteiger partial charge in [0.25, 0.3) is 0 Å². The maximum atomic E-state index is 7.14. The van der Waals surface area contributed by atoms with Crippen molar-refractivity contribution in [2.75, 3.05) is 40.3 Å². The average Bonchev–Trinajstić information content (AvgIpc) is 2.50. The summed E-state index contributed by atoms with van der Waals surface area (Å²) in [4.78, 5) is 4.76. The molecule has 0 radical (unpaired) electrons. The van der Waals surface area contributed by atoms with Crippen molar-refractivity contribution in [3.05, 3.63) is 0 Å². The number of nitrogens with two attached hydrogens (primary N) is 1. The van der Waals surface area contributed by atoms with Crippen LogP contribution in [0.25, 0.3) is 0 Å². The number of hydrogen-bond donors (Lipinski definition) is 2. The zero-order valence-corrected chi connectivity index (χ0v) is 10.00. The largest absolute Gasteiger partial charge is 0.388 e. The van der Waals surface area contributed by atoms with Crippen LogP contribution in [0.2, 0.25) is 0 Å². The van der Waals surface area contributed by atoms with Gasteiger partial charge in [-0.05, 0) is 45.9 Å². The standard InChI is InChI=1S/C11H24N4/c1-14(6-3-4-11(12)13)8-10-5-7-15(2)9-10/h10H,3-9H2,1-2H3,(H3,12,13). The third kappa shape index (κ3) is 5.14. The number of hydrogen-bond acceptors (Lipinski definition) is 3. The van der Waals surface area contributed by atoms with Gasteiger partial charge < -0.3 is 15.5 Å². The molecule has 4 nitrogen and oxygen atoms in total. The van der Waals surface area contributed by atoms with Gasteiger partial charge in [0.2, 0.25) is 0 Å². The van der Waals surface area contributed by atoms with Crippen molar-refractivity contribution in [2.45, 2.75) is 19.3 Å². The third-order valence-corrected chi connectivity index (χ3v) is 3.04. The number of likely N-dealkylation sites (tertiary alicyclic amines) is 1. The van der Waals surface area contributed by atoms with Crippen LogP contribution in [0.15, 0.2) is 0 Å². The molecule has 0 bridgehead atoms. The first-order chi connectivity index (χ1) is 7.08. The van der Waals surface area contributed by atoms with Crippen LogP contribution in [-0.2, 0) is 0 Å². The molecule has 15 heavy (non-hydrogen) atoms. The first kappa shape index (κ1) is 12.5. The summed E-state index contributed by atoms with van der Waals surface area (Å²) in [6.07, 6.45) is 3.07. The topological polar surface area (TPSA) is 56.4 Å². The van der Waals surface area contributed by atoms with Crippen LogP contribution >= 0.6 is 0 Å². The lowest BCUT2D eigenvalue weighted by Gasteiger charge is -2.20. The fraction of sp³-hybridized carbons (Fsp3) is 0.909. The van der Waals surface area contributed by atoms with Gasteiger partial charge >= 0.3 is 0 Å². The quantitative estimate of drug-likeness (QED) is 0.500. The Morgan fingerprint density at radius 1 is 1.60 bits per heavy atom. The molecule has 1 saturated heterocycles. The molecular formula is C11H24N4. The Balaban J connectivity index is 2.07. The second kappa shape index (κ2) is 6.08. The predicted octanol–water partition coefficient (Wildman–Crippen LogP) is 0.586. The fourth-order valence-electron chi connectivity index (χ4n) is 2.25. The Hall–Kier alpha value is -0.610. The second-order valence-corrected chi connectivity index (χ2v) is 4.81. The van der Waals surface area contributed by atoms with Crippen LogP contribution in [0.5, 0.6) is 0 Å². The molecule has 0 amide bonds. The molecule has 88 valence electrons. The van der Waals surface area contributed by atoms with Crippen LogP contribution < -0.4 is 5.73 Å². The van der Waals surface area contributed by atoms with Crippen molar-refractivity contribution in [1.29, 1.82) is 5.41 Å². The predicted molar refractivity (Wildman–Crippen MR) is 64.2 cm³/mol. The van der Waals surface area contributed by atoms with Crippen LogP contribution in [0.4, 0.5) is 0 Å². The van der Waals surface area contributed by atoms with Gasteiger partial charge in [-0.2, -0.15) is 0 Å². The van der Waals surface area contributed by atoms with Crippen molar-refractivity contribution >= 4 is 5.84 Å². The molecule has 0 aromatic carbocycles. The molecule has 1 rings (SSSR count). The van der Waals surface area contributed by atoms with Crippen LogP contribution in [0, 0.1) is 11.3 Å². The van der Waals surface area contributed by atoms with E-state index in [4.69, 9.17) is 11.1 Å². The molecule has 4 heteroatoms. The molecule has 1 heterocycles. The summed E-state index contributed by atoms with van der Waals surface area (Å²) >= 11 is 0. The zero-order valence-electron chi connectivity index (χ0n) is 10.00. The maximum absolute atomic E-state index is 7.14. The first-order valence-corrected chi connectivity index (χ1v) is 5.78. The second-order valence-electron chi connectivity index (χ2n) is 4.81. The van der Waals surface area contributed by atoms with Crippen molar-refractivity contribution in [3.63, 3.8) is 0 Å². The summed E-state index contributed by atoms with van der Waals surface area (Å²) < 4.78 is 0. The minimum atomic E-state index is 0.309. The van der Waals surface area contributed by atoms with E-state index in [0.717, 1.165) is 25.3 Å². The Morgan fingerprint density at radius 2 is 2.33 bits per heavy atom. The Morgan fingerprint density at radius 3 is 2.87 bits per heavy atom. The van der Waals surface area contributed by atoms with E-state index in [2.05, 4.69) is 23.9 Å². The Labute approximate surface area is 92.9 Å². The number of nitrogens with one attached hydrogen (secondary N) is 1. The molecule has 1 aliphatic rings. The molecule has 0 aliphatic carbocycles. The van der Waals surface area contributed by atoms with E-state index in [9.17, 15) is 0 Å². The summed E-state index contributed by atoms with van der Waals surface area (Å²) in [5.74, 6) is 1.14. The van der Waals surface area contributed by atoms with E-state index in [-0.39, 0.29) is 0 Å². The lowest BCUT2D eigenvalue weighted by atomic mass is 10.1. The molecule has 0 saturated carbocycles. The van der Waals surface area contributed by atoms with Gasteiger partial charge in [0.15, 0.2) is 0 Å². The highest BCUT2D eigenvalue weighted by molar-refractivity contribution is 5.76. The molecule has 0 aromatic rings. The average molecular weight is 212 g/mol. The summed E-state index contributed by atoms with van der Waals surface area (Å²) in [5.41, 5.74) is 5.32. The van der Waals surface area contributed by atoms with E-state index in [0.29, 0.717) is 5.84 Å². The summed E-state index contributed by atoms with van der Waals surface area (Å²) in [7, 11) is 4.36. The highest BCUT2D eigenvalue weighted by atomic mass is 15.1. The molecule has 1 unspecified atom stereocenters. The Bertz CT molecular complexity index is 205. The molecule has 1 atom stereocenters. The molecule has 0 spiro atoms. The van der Waals surface area contributed by atoms with Gasteiger partial charge in [-0.3, -0.25) is 5.41 Å². The van der Waals surface area contributed by atoms with Gasteiger partial charge in [0, 0.05) is 19.5 Å². The van der Waals surface area contributed by atoms with Crippen LogP contribution in [0.1, 0.15) is 19.3 Å². The zero-order chi connectivity index (χ0) is 11.3. The highest BCUT2D eigenvalue weighted by Crippen LogP contribution is 2.15. The SMILES string of the molecule is CN(CCCC(=N)N)CC1CCN(C)C1. The van der Waals surface area contributed by atoms with Gasteiger partial charge in [0.1, 0.15) is 0 Å². The molecular weight excluding hydrogens is 188 g/mol. The molecule has 0 aromatic heterocycles. The van der Waals surface area contributed by atoms with Crippen molar-refractivity contribution in [2.24, 2.45) is 11.7 Å². The molecule has 1 fully saturated rings. The lowest BCUT2D eigenvalue weighted by molar-refractivity contribution is 0.272. The normalized spacial score (nSPS) is 22.5. The fourth-order valence-corrected chi connectivity index (χ4v) is 2.25. The van der Waals surface area contributed by atoms with Gasteiger partial charge in [0.05, 0.1) is 5.84 Å². The van der Waals surface area contributed by atoms with Crippen molar-refractivity contribution in [1.82, 2.24) is 9.80 Å². The molecule has 1 aliphatic heterocycles. The number of amidine groups is 1. The van der Waals surface area contributed by atoms with Gasteiger partial charge in [-0.25, -0.2) is 0 Å². The van der Waals surface area contributed by atoms with E-state index in [1.54, 1.807) is 0 Å². The van der Waals surface area contributed by atoms with Crippen molar-refractivity contribution < 1.29 is 0 Å². The minimum Gasteiger partial charge on any atom is -0.388 e. The minimum absolute atomic E-state index is 0.309. The van der Waals surface area contributed by atoms with E-state index >= 15 is 0 Å².